The van der Waals surface area contributed by atoms with Crippen molar-refractivity contribution in [2.24, 2.45) is 18.4 Å². The van der Waals surface area contributed by atoms with Crippen LogP contribution in [-0.4, -0.2) is 153 Å². The Morgan fingerprint density at radius 3 is 1.68 bits per heavy atom. The van der Waals surface area contributed by atoms with Crippen molar-refractivity contribution in [1.82, 2.24) is 40.5 Å². The van der Waals surface area contributed by atoms with Gasteiger partial charge < -0.3 is 44.9 Å². The van der Waals surface area contributed by atoms with E-state index in [2.05, 4.69) is 21.3 Å². The van der Waals surface area contributed by atoms with Gasteiger partial charge in [0.15, 0.2) is 0 Å². The van der Waals surface area contributed by atoms with Crippen LogP contribution in [0.5, 0.6) is 0 Å². The van der Waals surface area contributed by atoms with E-state index in [0.29, 0.717) is 0 Å². The summed E-state index contributed by atoms with van der Waals surface area (Å²) in [6, 6.07) is 2.01. The van der Waals surface area contributed by atoms with Crippen LogP contribution in [0.3, 0.4) is 0 Å². The van der Waals surface area contributed by atoms with Crippen molar-refractivity contribution in [2.45, 2.75) is 196 Å². The first kappa shape index (κ1) is 67.2. The van der Waals surface area contributed by atoms with Crippen molar-refractivity contribution in [3.63, 3.8) is 0 Å². The largest absolute Gasteiger partial charge is 0.458 e. The van der Waals surface area contributed by atoms with Gasteiger partial charge >= 0.3 is 18.0 Å². The van der Waals surface area contributed by atoms with E-state index in [-0.39, 0.29) is 50.3 Å². The zero-order chi connectivity index (χ0) is 61.2. The Morgan fingerprint density at radius 2 is 1.18 bits per heavy atom. The van der Waals surface area contributed by atoms with Gasteiger partial charge in [0.05, 0.1) is 6.04 Å². The second-order valence-corrected chi connectivity index (χ2v) is 25.5. The molecule has 8 amide bonds. The molecule has 1 aliphatic rings. The van der Waals surface area contributed by atoms with E-state index >= 15 is 4.79 Å². The van der Waals surface area contributed by atoms with Gasteiger partial charge in [0.2, 0.25) is 29.5 Å². The van der Waals surface area contributed by atoms with Gasteiger partial charge in [-0.15, -0.1) is 0 Å². The molecule has 0 saturated carbocycles. The van der Waals surface area contributed by atoms with Crippen molar-refractivity contribution < 1.29 is 62.2 Å². The number of aromatic nitrogens is 1. The van der Waals surface area contributed by atoms with Gasteiger partial charge in [-0.2, -0.15) is 0 Å². The van der Waals surface area contributed by atoms with E-state index in [9.17, 15) is 43.2 Å². The molecule has 2 heterocycles. The SMILES string of the molecule is C/C(=C\[C@H](C(C)C)N(C)C(=O)[C@@H](NC(=O)[C@@H](N(C)C(=O)OC(C)(C)C)C(C)(C)c1cn(C)c2ccccc12)C(C)(C)C)C(=O)N[C@H](CCC(=O)N[C@H](CCC(=O)NCCN1C(=O)C=CC1=O)C(=O)OC(C)(C)C)C(=O)OC(C)(C)C. The quantitative estimate of drug-likeness (QED) is 0.0438. The Bertz CT molecular complexity index is 2670. The minimum atomic E-state index is -1.37. The second kappa shape index (κ2) is 26.9. The number of imide groups is 1. The minimum Gasteiger partial charge on any atom is -0.458 e. The standard InChI is InChI=1S/C59H90N8O13/c1-35(2)42(65(19)51(74)47(55(4,5)6)63-50(73)48(66(20)54(77)80-58(13,14)15)59(16,17)38-34-64(18)41-24-22-21-23-37(38)41)33-36(3)49(72)62-40(53(76)79-57(10,11)12)26-28-44(69)61-39(52(75)78-56(7,8)9)25-27-43(68)60-31-32-67-45(70)29-30-46(67)71/h21-24,29-30,33-35,39-40,42,47-48H,25-28,31-32H2,1-20H3,(H,60,68)(H,61,69)(H,62,72)(H,63,73)/b36-33+/t39-,40-,42-,47-,48-/m1/s1. The molecule has 3 rings (SSSR count). The molecule has 444 valence electrons. The average Bonchev–Trinajstić information content (AvgIpc) is 3.83. The van der Waals surface area contributed by atoms with Crippen molar-refractivity contribution in [3.05, 3.63) is 59.8 Å². The molecular formula is C59H90N8O13. The molecule has 0 bridgehead atoms. The van der Waals surface area contributed by atoms with E-state index in [1.165, 1.54) is 23.8 Å². The van der Waals surface area contributed by atoms with E-state index in [1.54, 1.807) is 75.4 Å². The number of hydrogen-bond donors (Lipinski definition) is 4. The number of carbonyl (C=O) groups is 10. The lowest BCUT2D eigenvalue weighted by Crippen LogP contribution is -2.63. The van der Waals surface area contributed by atoms with Crippen molar-refractivity contribution in [1.29, 1.82) is 0 Å². The molecule has 21 nitrogen and oxygen atoms in total. The summed E-state index contributed by atoms with van der Waals surface area (Å²) in [4.78, 5) is 139. The Morgan fingerprint density at radius 1 is 0.675 bits per heavy atom. The number of para-hydroxylation sites is 1. The molecule has 5 atom stereocenters. The third kappa shape index (κ3) is 19.3. The highest BCUT2D eigenvalue weighted by Crippen LogP contribution is 2.37. The summed E-state index contributed by atoms with van der Waals surface area (Å²) in [5.41, 5.74) is -2.92. The number of amides is 8. The Hall–Kier alpha value is -7.06. The third-order valence-corrected chi connectivity index (χ3v) is 13.1. The average molecular weight is 1120 g/mol. The lowest BCUT2D eigenvalue weighted by molar-refractivity contribution is -0.160. The summed E-state index contributed by atoms with van der Waals surface area (Å²) >= 11 is 0. The van der Waals surface area contributed by atoms with Gasteiger partial charge in [-0.1, -0.05) is 72.7 Å². The lowest BCUT2D eigenvalue weighted by atomic mass is 9.76. The minimum absolute atomic E-state index is 0.0382. The molecular weight excluding hydrogens is 1030 g/mol. The molecule has 0 spiro atoms. The van der Waals surface area contributed by atoms with Crippen molar-refractivity contribution >= 4 is 70.3 Å². The summed E-state index contributed by atoms with van der Waals surface area (Å²) < 4.78 is 18.9. The molecule has 2 aromatic rings. The number of fused-ring (bicyclic) bond motifs is 1. The van der Waals surface area contributed by atoms with Gasteiger partial charge in [-0.25, -0.2) is 14.4 Å². The fourth-order valence-corrected chi connectivity index (χ4v) is 9.11. The summed E-state index contributed by atoms with van der Waals surface area (Å²) in [5, 5.41) is 11.8. The maximum absolute atomic E-state index is 15.1. The summed E-state index contributed by atoms with van der Waals surface area (Å²) in [7, 11) is 4.98. The van der Waals surface area contributed by atoms with Gasteiger partial charge in [0.25, 0.3) is 11.8 Å². The fourth-order valence-electron chi connectivity index (χ4n) is 9.11. The van der Waals surface area contributed by atoms with E-state index in [4.69, 9.17) is 14.2 Å². The Balaban J connectivity index is 1.89. The molecule has 0 radical (unpaired) electrons. The predicted molar refractivity (Wildman–Crippen MR) is 303 cm³/mol. The Kier molecular flexibility index (Phi) is 22.6. The monoisotopic (exact) mass is 1120 g/mol. The van der Waals surface area contributed by atoms with Gasteiger partial charge in [-0.05, 0) is 105 Å². The fraction of sp³-hybridized carbons (Fsp3) is 0.627. The molecule has 4 N–H and O–H groups in total. The number of aryl methyl sites for hydroxylation is 1. The molecule has 21 heteroatoms. The maximum atomic E-state index is 15.1. The van der Waals surface area contributed by atoms with Crippen LogP contribution in [0.15, 0.2) is 54.3 Å². The first-order valence-electron chi connectivity index (χ1n) is 27.2. The number of carbonyl (C=O) groups excluding carboxylic acids is 10. The van der Waals surface area contributed by atoms with Crippen LogP contribution in [0.25, 0.3) is 10.9 Å². The maximum Gasteiger partial charge on any atom is 0.410 e. The number of likely N-dealkylation sites (N-methyl/N-ethyl adjacent to an activating group) is 2. The molecule has 80 heavy (non-hydrogen) atoms. The number of nitrogens with zero attached hydrogens (tertiary/aromatic N) is 4. The van der Waals surface area contributed by atoms with Crippen LogP contribution in [-0.2, 0) is 69.8 Å². The van der Waals surface area contributed by atoms with Gasteiger partial charge in [0, 0.05) is 87.3 Å². The van der Waals surface area contributed by atoms with Crippen LogP contribution in [0.4, 0.5) is 4.79 Å². The zero-order valence-corrected chi connectivity index (χ0v) is 50.9. The third-order valence-electron chi connectivity index (χ3n) is 13.1. The molecule has 1 aromatic heterocycles. The van der Waals surface area contributed by atoms with Gasteiger partial charge in [0.1, 0.15) is 41.0 Å². The highest BCUT2D eigenvalue weighted by molar-refractivity contribution is 6.13. The predicted octanol–water partition coefficient (Wildman–Crippen LogP) is 5.91. The number of ether oxygens (including phenoxy) is 3. The first-order valence-corrected chi connectivity index (χ1v) is 27.2. The molecule has 0 fully saturated rings. The molecule has 0 unspecified atom stereocenters. The normalized spacial score (nSPS) is 15.4. The summed E-state index contributed by atoms with van der Waals surface area (Å²) in [6.07, 6.45) is 3.97. The van der Waals surface area contributed by atoms with Gasteiger partial charge in [-0.3, -0.25) is 43.4 Å². The smallest absolute Gasteiger partial charge is 0.410 e. The van der Waals surface area contributed by atoms with E-state index in [0.717, 1.165) is 33.5 Å². The zero-order valence-electron chi connectivity index (χ0n) is 50.9. The van der Waals surface area contributed by atoms with Crippen LogP contribution >= 0.6 is 0 Å². The van der Waals surface area contributed by atoms with Crippen LogP contribution in [0.1, 0.15) is 149 Å². The van der Waals surface area contributed by atoms with E-state index in [1.807, 2.05) is 90.5 Å². The number of nitrogens with one attached hydrogen (secondary N) is 4. The topological polar surface area (TPSA) is 261 Å². The summed E-state index contributed by atoms with van der Waals surface area (Å²) in [5.74, 6) is -5.95. The van der Waals surface area contributed by atoms with Crippen LogP contribution < -0.4 is 21.3 Å². The Labute approximate surface area is 472 Å². The van der Waals surface area contributed by atoms with Crippen molar-refractivity contribution in [2.75, 3.05) is 27.2 Å². The van der Waals surface area contributed by atoms with Crippen molar-refractivity contribution in [3.8, 4) is 0 Å². The summed E-state index contributed by atoms with van der Waals surface area (Å²) in [6.45, 7) is 29.4. The molecule has 1 aromatic carbocycles. The van der Waals surface area contributed by atoms with Crippen LogP contribution in [0, 0.1) is 11.3 Å². The highest BCUT2D eigenvalue weighted by Gasteiger charge is 2.47. The van der Waals surface area contributed by atoms with Crippen LogP contribution in [0.2, 0.25) is 0 Å². The van der Waals surface area contributed by atoms with E-state index < -0.39 is 117 Å². The molecule has 0 aliphatic carbocycles. The first-order chi connectivity index (χ1) is 36.6. The lowest BCUT2D eigenvalue weighted by Gasteiger charge is -2.42. The number of benzene rings is 1. The second-order valence-electron chi connectivity index (χ2n) is 25.5. The molecule has 0 saturated heterocycles. The number of hydrogen-bond acceptors (Lipinski definition) is 13. The highest BCUT2D eigenvalue weighted by atomic mass is 16.6. The number of esters is 2. The molecule has 1 aliphatic heterocycles. The number of rotatable bonds is 23.